The summed E-state index contributed by atoms with van der Waals surface area (Å²) in [7, 11) is 0. The fraction of sp³-hybridized carbons (Fsp3) is 0.0870. The van der Waals surface area contributed by atoms with Gasteiger partial charge in [0, 0.05) is 15.4 Å². The van der Waals surface area contributed by atoms with Crippen molar-refractivity contribution >= 4 is 32.9 Å². The summed E-state index contributed by atoms with van der Waals surface area (Å²) in [6, 6.07) is 22.5. The van der Waals surface area contributed by atoms with Crippen LogP contribution >= 0.6 is 15.9 Å². The highest BCUT2D eigenvalue weighted by Crippen LogP contribution is 2.29. The van der Waals surface area contributed by atoms with Gasteiger partial charge in [0.1, 0.15) is 23.7 Å². The van der Waals surface area contributed by atoms with Gasteiger partial charge in [-0.1, -0.05) is 46.3 Å². The quantitative estimate of drug-likeness (QED) is 0.272. The van der Waals surface area contributed by atoms with Gasteiger partial charge in [0.05, 0.1) is 0 Å². The summed E-state index contributed by atoms with van der Waals surface area (Å²) in [6.45, 7) is 2.32. The van der Waals surface area contributed by atoms with Crippen LogP contribution in [-0.2, 0) is 6.61 Å². The normalized spacial score (nSPS) is 10.8. The molecule has 0 radical (unpaired) electrons. The van der Waals surface area contributed by atoms with E-state index in [1.165, 1.54) is 0 Å². The zero-order valence-electron chi connectivity index (χ0n) is 15.1. The number of esters is 1. The number of halogens is 1. The van der Waals surface area contributed by atoms with E-state index in [4.69, 9.17) is 13.9 Å². The predicted octanol–water partition coefficient (Wildman–Crippen LogP) is 6.30. The van der Waals surface area contributed by atoms with Gasteiger partial charge in [-0.2, -0.15) is 0 Å². The molecule has 0 bridgehead atoms. The highest BCUT2D eigenvalue weighted by Gasteiger charge is 2.20. The van der Waals surface area contributed by atoms with Crippen LogP contribution in [0.3, 0.4) is 0 Å². The van der Waals surface area contributed by atoms with E-state index in [2.05, 4.69) is 15.9 Å². The number of ether oxygens (including phenoxy) is 2. The molecule has 0 fully saturated rings. The fourth-order valence-electron chi connectivity index (χ4n) is 2.89. The van der Waals surface area contributed by atoms with Gasteiger partial charge >= 0.3 is 5.97 Å². The van der Waals surface area contributed by atoms with Crippen LogP contribution in [0.15, 0.2) is 81.7 Å². The summed E-state index contributed by atoms with van der Waals surface area (Å²) in [5, 5.41) is 0.881. The fourth-order valence-corrected chi connectivity index (χ4v) is 3.25. The molecule has 0 saturated heterocycles. The first-order chi connectivity index (χ1) is 13.6. The topological polar surface area (TPSA) is 48.7 Å². The Morgan fingerprint density at radius 2 is 1.68 bits per heavy atom. The SMILES string of the molecule is Cc1c(C(=O)Oc2ccc(OCc3ccccc3)cc2)oc2ccc(Br)cc12. The highest BCUT2D eigenvalue weighted by atomic mass is 79.9. The molecule has 0 unspecified atom stereocenters. The maximum Gasteiger partial charge on any atom is 0.379 e. The number of carbonyl (C=O) groups excluding carboxylic acids is 1. The lowest BCUT2D eigenvalue weighted by atomic mass is 10.1. The number of hydrogen-bond donors (Lipinski definition) is 0. The molecule has 4 aromatic rings. The molecule has 0 aliphatic heterocycles. The lowest BCUT2D eigenvalue weighted by Crippen LogP contribution is -2.08. The van der Waals surface area contributed by atoms with Crippen LogP contribution in [0.2, 0.25) is 0 Å². The lowest BCUT2D eigenvalue weighted by molar-refractivity contribution is 0.0702. The van der Waals surface area contributed by atoms with Crippen LogP contribution in [-0.4, -0.2) is 5.97 Å². The largest absolute Gasteiger partial charge is 0.489 e. The van der Waals surface area contributed by atoms with Crippen LogP contribution in [0, 0.1) is 6.92 Å². The molecule has 1 heterocycles. The van der Waals surface area contributed by atoms with Gasteiger partial charge in [0.15, 0.2) is 0 Å². The highest BCUT2D eigenvalue weighted by molar-refractivity contribution is 9.10. The van der Waals surface area contributed by atoms with Gasteiger partial charge in [-0.05, 0) is 55.0 Å². The zero-order valence-corrected chi connectivity index (χ0v) is 16.7. The van der Waals surface area contributed by atoms with Crippen LogP contribution in [0.5, 0.6) is 11.5 Å². The van der Waals surface area contributed by atoms with Crippen molar-refractivity contribution in [2.75, 3.05) is 0 Å². The molecule has 1 aromatic heterocycles. The average molecular weight is 437 g/mol. The van der Waals surface area contributed by atoms with Gasteiger partial charge < -0.3 is 13.9 Å². The van der Waals surface area contributed by atoms with Gasteiger partial charge in [-0.25, -0.2) is 4.79 Å². The van der Waals surface area contributed by atoms with Gasteiger partial charge in [-0.15, -0.1) is 0 Å². The monoisotopic (exact) mass is 436 g/mol. The first kappa shape index (κ1) is 18.3. The second kappa shape index (κ2) is 7.90. The molecule has 4 rings (SSSR count). The molecule has 0 amide bonds. The number of furan rings is 1. The Balaban J connectivity index is 1.44. The summed E-state index contributed by atoms with van der Waals surface area (Å²) in [4.78, 5) is 12.5. The molecule has 140 valence electrons. The maximum absolute atomic E-state index is 12.5. The predicted molar refractivity (Wildman–Crippen MR) is 111 cm³/mol. The Morgan fingerprint density at radius 1 is 0.964 bits per heavy atom. The van der Waals surface area contributed by atoms with E-state index in [0.29, 0.717) is 23.7 Å². The molecule has 0 saturated carbocycles. The van der Waals surface area contributed by atoms with E-state index in [9.17, 15) is 4.79 Å². The van der Waals surface area contributed by atoms with E-state index in [0.717, 1.165) is 21.0 Å². The maximum atomic E-state index is 12.5. The summed E-state index contributed by atoms with van der Waals surface area (Å²) in [5.41, 5.74) is 2.49. The van der Waals surface area contributed by atoms with Gasteiger partial charge in [0.2, 0.25) is 5.76 Å². The smallest absolute Gasteiger partial charge is 0.379 e. The average Bonchev–Trinajstić information content (AvgIpc) is 3.04. The number of carbonyl (C=O) groups is 1. The lowest BCUT2D eigenvalue weighted by Gasteiger charge is -2.07. The van der Waals surface area contributed by atoms with Gasteiger partial charge in [0.25, 0.3) is 0 Å². The van der Waals surface area contributed by atoms with Crippen molar-refractivity contribution in [2.45, 2.75) is 13.5 Å². The number of benzene rings is 3. The van der Waals surface area contributed by atoms with E-state index in [-0.39, 0.29) is 5.76 Å². The van der Waals surface area contributed by atoms with Crippen molar-refractivity contribution in [2.24, 2.45) is 0 Å². The van der Waals surface area contributed by atoms with Crippen molar-refractivity contribution in [3.8, 4) is 11.5 Å². The summed E-state index contributed by atoms with van der Waals surface area (Å²) >= 11 is 3.43. The molecule has 28 heavy (non-hydrogen) atoms. The molecule has 5 heteroatoms. The first-order valence-electron chi connectivity index (χ1n) is 8.78. The summed E-state index contributed by atoms with van der Waals surface area (Å²) in [5.74, 6) is 0.812. The Bertz CT molecular complexity index is 1110. The Hall–Kier alpha value is -3.05. The van der Waals surface area contributed by atoms with E-state index < -0.39 is 5.97 Å². The third-order valence-corrected chi connectivity index (χ3v) is 4.86. The van der Waals surface area contributed by atoms with Crippen LogP contribution in [0.1, 0.15) is 21.7 Å². The minimum absolute atomic E-state index is 0.206. The minimum atomic E-state index is -0.525. The molecule has 3 aromatic carbocycles. The second-order valence-corrected chi connectivity index (χ2v) is 7.25. The van der Waals surface area contributed by atoms with Crippen molar-refractivity contribution in [3.63, 3.8) is 0 Å². The Kier molecular flexibility index (Phi) is 5.17. The number of aryl methyl sites for hydroxylation is 1. The third kappa shape index (κ3) is 3.94. The molecule has 0 aliphatic rings. The van der Waals surface area contributed by atoms with Crippen molar-refractivity contribution in [3.05, 3.63) is 94.2 Å². The molecule has 0 spiro atoms. The van der Waals surface area contributed by atoms with Crippen molar-refractivity contribution < 1.29 is 18.7 Å². The molecular formula is C23H17BrO4. The van der Waals surface area contributed by atoms with Crippen molar-refractivity contribution in [1.82, 2.24) is 0 Å². The molecule has 0 atom stereocenters. The summed E-state index contributed by atoms with van der Waals surface area (Å²) < 4.78 is 17.8. The van der Waals surface area contributed by atoms with Crippen LogP contribution in [0.25, 0.3) is 11.0 Å². The van der Waals surface area contributed by atoms with Gasteiger partial charge in [-0.3, -0.25) is 0 Å². The number of hydrogen-bond acceptors (Lipinski definition) is 4. The molecule has 0 N–H and O–H groups in total. The number of fused-ring (bicyclic) bond motifs is 1. The molecule has 0 aliphatic carbocycles. The third-order valence-electron chi connectivity index (χ3n) is 4.37. The van der Waals surface area contributed by atoms with E-state index in [1.807, 2.05) is 55.5 Å². The van der Waals surface area contributed by atoms with Crippen molar-refractivity contribution in [1.29, 1.82) is 0 Å². The Labute approximate surface area is 170 Å². The zero-order chi connectivity index (χ0) is 19.5. The first-order valence-corrected chi connectivity index (χ1v) is 9.57. The second-order valence-electron chi connectivity index (χ2n) is 6.33. The standard InChI is InChI=1S/C23H17BrO4/c1-15-20-13-17(24)7-12-21(20)28-22(15)23(25)27-19-10-8-18(9-11-19)26-14-16-5-3-2-4-6-16/h2-13H,14H2,1H3. The van der Waals surface area contributed by atoms with E-state index in [1.54, 1.807) is 24.3 Å². The van der Waals surface area contributed by atoms with E-state index >= 15 is 0 Å². The molecule has 4 nitrogen and oxygen atoms in total. The number of rotatable bonds is 5. The van der Waals surface area contributed by atoms with Crippen LogP contribution < -0.4 is 9.47 Å². The summed E-state index contributed by atoms with van der Waals surface area (Å²) in [6.07, 6.45) is 0. The molecular weight excluding hydrogens is 420 g/mol. The Morgan fingerprint density at radius 3 is 2.43 bits per heavy atom. The minimum Gasteiger partial charge on any atom is -0.489 e. The van der Waals surface area contributed by atoms with Crippen LogP contribution in [0.4, 0.5) is 0 Å².